The van der Waals surface area contributed by atoms with Crippen molar-refractivity contribution in [1.82, 2.24) is 15.5 Å². The highest BCUT2D eigenvalue weighted by atomic mass is 35.5. The van der Waals surface area contributed by atoms with E-state index in [1.807, 2.05) is 43.0 Å². The zero-order chi connectivity index (χ0) is 28.0. The van der Waals surface area contributed by atoms with Gasteiger partial charge in [-0.15, -0.1) is 0 Å². The summed E-state index contributed by atoms with van der Waals surface area (Å²) in [6.07, 6.45) is -0.930. The molecule has 3 amide bonds. The lowest BCUT2D eigenvalue weighted by Gasteiger charge is -2.45. The van der Waals surface area contributed by atoms with Crippen molar-refractivity contribution in [3.8, 4) is 0 Å². The predicted octanol–water partition coefficient (Wildman–Crippen LogP) is 4.32. The Bertz CT molecular complexity index is 933. The van der Waals surface area contributed by atoms with Crippen LogP contribution in [0.25, 0.3) is 0 Å². The fraction of sp³-hybridized carbons (Fsp3) is 0.667. The molecule has 1 saturated heterocycles. The molecule has 1 fully saturated rings. The number of carbonyl (C=O) groups is 3. The molecule has 208 valence electrons. The molecule has 1 heterocycles. The Kier molecular flexibility index (Phi) is 10.6. The molecule has 3 unspecified atom stereocenters. The number of rotatable bonds is 9. The number of hydrogen-bond donors (Lipinski definition) is 3. The molecule has 0 aromatic heterocycles. The van der Waals surface area contributed by atoms with Crippen LogP contribution in [-0.4, -0.2) is 72.1 Å². The van der Waals surface area contributed by atoms with Crippen LogP contribution in [0.15, 0.2) is 24.3 Å². The molecule has 0 spiro atoms. The highest BCUT2D eigenvalue weighted by Crippen LogP contribution is 2.42. The molecule has 1 aliphatic rings. The molecular weight excluding hydrogens is 498 g/mol. The first-order valence-electron chi connectivity index (χ1n) is 12.7. The summed E-state index contributed by atoms with van der Waals surface area (Å²) in [4.78, 5) is 39.8. The van der Waals surface area contributed by atoms with E-state index >= 15 is 0 Å². The first-order chi connectivity index (χ1) is 17.1. The largest absolute Gasteiger partial charge is 0.508 e. The van der Waals surface area contributed by atoms with Crippen LogP contribution in [0.5, 0.6) is 0 Å². The van der Waals surface area contributed by atoms with Gasteiger partial charge in [-0.1, -0.05) is 51.4 Å². The number of piperidine rings is 1. The minimum atomic E-state index is -1.06. The van der Waals surface area contributed by atoms with Crippen molar-refractivity contribution in [2.24, 2.45) is 11.3 Å². The Hall–Kier alpha value is -2.52. The summed E-state index contributed by atoms with van der Waals surface area (Å²) in [7, 11) is 0. The number of carbonyl (C=O) groups excluding carboxylic acids is 3. The zero-order valence-corrected chi connectivity index (χ0v) is 23.7. The van der Waals surface area contributed by atoms with Gasteiger partial charge in [0.1, 0.15) is 18.2 Å². The second kappa shape index (κ2) is 12.8. The average Bonchev–Trinajstić information content (AvgIpc) is 2.79. The normalized spacial score (nSPS) is 19.1. The van der Waals surface area contributed by atoms with Crippen LogP contribution >= 0.6 is 11.6 Å². The molecule has 0 aliphatic carbocycles. The van der Waals surface area contributed by atoms with Gasteiger partial charge in [0.25, 0.3) is 0 Å². The van der Waals surface area contributed by atoms with Crippen molar-refractivity contribution in [3.63, 3.8) is 0 Å². The van der Waals surface area contributed by atoms with Crippen LogP contribution < -0.4 is 10.6 Å². The number of nitrogens with zero attached hydrogens (tertiary/aromatic N) is 1. The van der Waals surface area contributed by atoms with Gasteiger partial charge in [0.15, 0.2) is 0 Å². The third kappa shape index (κ3) is 9.38. The lowest BCUT2D eigenvalue weighted by molar-refractivity contribution is -0.137. The molecule has 9 nitrogen and oxygen atoms in total. The molecule has 1 aromatic rings. The predicted molar refractivity (Wildman–Crippen MR) is 143 cm³/mol. The number of ether oxygens (including phenoxy) is 2. The van der Waals surface area contributed by atoms with Crippen molar-refractivity contribution < 1.29 is 29.0 Å². The van der Waals surface area contributed by atoms with E-state index in [1.165, 1.54) is 12.5 Å². The highest BCUT2D eigenvalue weighted by Gasteiger charge is 2.40. The topological polar surface area (TPSA) is 117 Å². The quantitative estimate of drug-likeness (QED) is 0.402. The molecule has 2 rings (SSSR count). The van der Waals surface area contributed by atoms with Crippen LogP contribution in [0, 0.1) is 11.3 Å². The number of benzene rings is 1. The van der Waals surface area contributed by atoms with Gasteiger partial charge in [0, 0.05) is 18.1 Å². The standard InChI is InChI=1S/C27H42ClN3O6/c1-17(2)22(30-24(34)29-15-27(6,7)37-25(35)36-14-18(3)32)23(33)31-13-12-21(26(4,5)16-31)19-8-10-20(28)11-9-19/h8-11,17-18,21-22,32H,12-16H2,1-7H3,(H2,29,30,34). The number of aliphatic hydroxyl groups is 1. The maximum atomic E-state index is 13.5. The van der Waals surface area contributed by atoms with E-state index < -0.39 is 29.9 Å². The van der Waals surface area contributed by atoms with Gasteiger partial charge < -0.3 is 30.1 Å². The van der Waals surface area contributed by atoms with E-state index in [9.17, 15) is 19.5 Å². The summed E-state index contributed by atoms with van der Waals surface area (Å²) in [5, 5.41) is 15.4. The average molecular weight is 540 g/mol. The molecular formula is C27H42ClN3O6. The Morgan fingerprint density at radius 3 is 2.35 bits per heavy atom. The van der Waals surface area contributed by atoms with Crippen LogP contribution in [0.4, 0.5) is 9.59 Å². The molecule has 37 heavy (non-hydrogen) atoms. The number of likely N-dealkylation sites (tertiary alicyclic amines) is 1. The van der Waals surface area contributed by atoms with Gasteiger partial charge in [0.2, 0.25) is 5.91 Å². The smallest absolute Gasteiger partial charge is 0.432 e. The van der Waals surface area contributed by atoms with Crippen LogP contribution in [0.3, 0.4) is 0 Å². The molecule has 3 N–H and O–H groups in total. The van der Waals surface area contributed by atoms with Gasteiger partial charge in [-0.2, -0.15) is 0 Å². The van der Waals surface area contributed by atoms with Crippen molar-refractivity contribution in [1.29, 1.82) is 0 Å². The van der Waals surface area contributed by atoms with E-state index in [1.54, 1.807) is 13.8 Å². The minimum absolute atomic E-state index is 0.00113. The van der Waals surface area contributed by atoms with Crippen molar-refractivity contribution in [2.45, 2.75) is 78.6 Å². The summed E-state index contributed by atoms with van der Waals surface area (Å²) >= 11 is 6.06. The van der Waals surface area contributed by atoms with Crippen LogP contribution in [0.1, 0.15) is 66.4 Å². The van der Waals surface area contributed by atoms with Crippen LogP contribution in [0.2, 0.25) is 5.02 Å². The molecule has 10 heteroatoms. The highest BCUT2D eigenvalue weighted by molar-refractivity contribution is 6.30. The monoisotopic (exact) mass is 539 g/mol. The number of halogens is 1. The van der Waals surface area contributed by atoms with E-state index in [-0.39, 0.29) is 36.3 Å². The SMILES string of the molecule is CC(O)COC(=O)OC(C)(C)CNC(=O)NC(C(=O)N1CCC(c2ccc(Cl)cc2)C(C)(C)C1)C(C)C. The molecule has 3 atom stereocenters. The summed E-state index contributed by atoms with van der Waals surface area (Å²) in [5.74, 6) is 0.0390. The van der Waals surface area contributed by atoms with Crippen molar-refractivity contribution >= 4 is 29.7 Å². The van der Waals surface area contributed by atoms with Gasteiger partial charge in [-0.25, -0.2) is 9.59 Å². The first-order valence-corrected chi connectivity index (χ1v) is 13.1. The lowest BCUT2D eigenvalue weighted by atomic mass is 9.70. The second-order valence-corrected chi connectivity index (χ2v) is 11.9. The number of hydrogen-bond acceptors (Lipinski definition) is 6. The Labute approximate surface area is 225 Å². The van der Waals surface area contributed by atoms with E-state index in [4.69, 9.17) is 21.1 Å². The number of amides is 3. The Morgan fingerprint density at radius 2 is 1.81 bits per heavy atom. The summed E-state index contributed by atoms with van der Waals surface area (Å²) in [6.45, 7) is 13.8. The summed E-state index contributed by atoms with van der Waals surface area (Å²) in [5.41, 5.74) is -0.00753. The molecule has 1 aromatic carbocycles. The fourth-order valence-electron chi connectivity index (χ4n) is 4.53. The lowest BCUT2D eigenvalue weighted by Crippen LogP contribution is -2.58. The van der Waals surface area contributed by atoms with Gasteiger partial charge in [-0.05, 0) is 62.1 Å². The number of urea groups is 1. The minimum Gasteiger partial charge on any atom is -0.432 e. The van der Waals surface area contributed by atoms with Crippen LogP contribution in [-0.2, 0) is 14.3 Å². The Balaban J connectivity index is 1.95. The van der Waals surface area contributed by atoms with Gasteiger partial charge in [0.05, 0.1) is 12.6 Å². The van der Waals surface area contributed by atoms with E-state index in [2.05, 4.69) is 24.5 Å². The van der Waals surface area contributed by atoms with Crippen molar-refractivity contribution in [3.05, 3.63) is 34.9 Å². The summed E-state index contributed by atoms with van der Waals surface area (Å²) in [6, 6.07) is 6.65. The second-order valence-electron chi connectivity index (χ2n) is 11.5. The molecule has 0 saturated carbocycles. The molecule has 0 radical (unpaired) electrons. The zero-order valence-electron chi connectivity index (χ0n) is 23.0. The summed E-state index contributed by atoms with van der Waals surface area (Å²) < 4.78 is 10.0. The van der Waals surface area contributed by atoms with E-state index in [0.717, 1.165) is 6.42 Å². The molecule has 0 bridgehead atoms. The van der Waals surface area contributed by atoms with E-state index in [0.29, 0.717) is 18.1 Å². The number of aliphatic hydroxyl groups excluding tert-OH is 1. The molecule has 1 aliphatic heterocycles. The van der Waals surface area contributed by atoms with Crippen molar-refractivity contribution in [2.75, 3.05) is 26.2 Å². The maximum absolute atomic E-state index is 13.5. The number of nitrogens with one attached hydrogen (secondary N) is 2. The first kappa shape index (κ1) is 30.7. The Morgan fingerprint density at radius 1 is 1.19 bits per heavy atom. The fourth-order valence-corrected chi connectivity index (χ4v) is 4.66. The van der Waals surface area contributed by atoms with Gasteiger partial charge >= 0.3 is 12.2 Å². The third-order valence-corrected chi connectivity index (χ3v) is 6.76. The maximum Gasteiger partial charge on any atom is 0.508 e. The third-order valence-electron chi connectivity index (χ3n) is 6.51. The van der Waals surface area contributed by atoms with Gasteiger partial charge in [-0.3, -0.25) is 4.79 Å².